The quantitative estimate of drug-likeness (QED) is 0.858. The van der Waals surface area contributed by atoms with Crippen LogP contribution in [0.2, 0.25) is 0 Å². The normalized spacial score (nSPS) is 18.4. The molecule has 0 saturated heterocycles. The minimum absolute atomic E-state index is 0.409. The lowest BCUT2D eigenvalue weighted by Gasteiger charge is -2.26. The van der Waals surface area contributed by atoms with E-state index >= 15 is 0 Å². The van der Waals surface area contributed by atoms with Gasteiger partial charge >= 0.3 is 6.09 Å². The third kappa shape index (κ3) is 3.04. The molecular weight excluding hydrogens is 260 g/mol. The van der Waals surface area contributed by atoms with Crippen molar-refractivity contribution >= 4 is 23.5 Å². The number of nitrogens with zero attached hydrogens (tertiary/aromatic N) is 1. The van der Waals surface area contributed by atoms with Crippen LogP contribution in [0.25, 0.3) is 0 Å². The first-order chi connectivity index (χ1) is 8.81. The van der Waals surface area contributed by atoms with Crippen LogP contribution in [-0.4, -0.2) is 17.2 Å². The number of hydrogen-bond donors (Lipinski definition) is 1. The summed E-state index contributed by atoms with van der Waals surface area (Å²) in [5.74, 6) is 0. The highest BCUT2D eigenvalue weighted by molar-refractivity contribution is 8.00. The number of rotatable bonds is 1. The molecule has 1 amide bonds. The fourth-order valence-corrected chi connectivity index (χ4v) is 2.91. The number of benzene rings is 1. The molecule has 1 aromatic rings. The molecule has 0 bridgehead atoms. The molecule has 1 atom stereocenters. The molecule has 0 aromatic heterocycles. The number of carbonyl (C=O) groups is 1. The SMILES string of the molecule is [CH2]Cc1ccc2c(c1)SC(N)N2C(=O)OC(C)(C)C. The zero-order valence-electron chi connectivity index (χ0n) is 11.5. The largest absolute Gasteiger partial charge is 0.443 e. The zero-order valence-corrected chi connectivity index (χ0v) is 12.3. The van der Waals surface area contributed by atoms with E-state index in [4.69, 9.17) is 10.5 Å². The molecular formula is C14H19N2O2S. The Bertz CT molecular complexity index is 497. The molecule has 1 radical (unpaired) electrons. The average molecular weight is 279 g/mol. The molecule has 1 aromatic carbocycles. The second-order valence-corrected chi connectivity index (χ2v) is 6.57. The molecule has 19 heavy (non-hydrogen) atoms. The number of thioether (sulfide) groups is 1. The summed E-state index contributed by atoms with van der Waals surface area (Å²) < 4.78 is 5.39. The number of fused-ring (bicyclic) bond motifs is 1. The first-order valence-corrected chi connectivity index (χ1v) is 7.06. The molecule has 0 spiro atoms. The predicted octanol–water partition coefficient (Wildman–Crippen LogP) is 3.15. The fraction of sp³-hybridized carbons (Fsp3) is 0.429. The van der Waals surface area contributed by atoms with Gasteiger partial charge in [0.1, 0.15) is 11.1 Å². The van der Waals surface area contributed by atoms with Gasteiger partial charge in [0.2, 0.25) is 0 Å². The molecule has 2 N–H and O–H groups in total. The number of hydrogen-bond acceptors (Lipinski definition) is 4. The van der Waals surface area contributed by atoms with Crippen molar-refractivity contribution in [2.45, 2.75) is 43.2 Å². The van der Waals surface area contributed by atoms with Gasteiger partial charge in [-0.2, -0.15) is 0 Å². The van der Waals surface area contributed by atoms with Gasteiger partial charge in [-0.05, 0) is 51.8 Å². The summed E-state index contributed by atoms with van der Waals surface area (Å²) in [5, 5.41) is 0. The maximum absolute atomic E-state index is 12.2. The molecule has 4 nitrogen and oxygen atoms in total. The van der Waals surface area contributed by atoms with Crippen LogP contribution < -0.4 is 10.6 Å². The zero-order chi connectivity index (χ0) is 14.2. The Morgan fingerprint density at radius 3 is 2.79 bits per heavy atom. The van der Waals surface area contributed by atoms with Gasteiger partial charge in [-0.15, -0.1) is 0 Å². The second-order valence-electron chi connectivity index (χ2n) is 5.41. The first kappa shape index (κ1) is 14.2. The molecule has 5 heteroatoms. The van der Waals surface area contributed by atoms with Crippen molar-refractivity contribution < 1.29 is 9.53 Å². The van der Waals surface area contributed by atoms with E-state index in [1.165, 1.54) is 16.7 Å². The molecule has 1 aliphatic rings. The average Bonchev–Trinajstić information content (AvgIpc) is 2.61. The highest BCUT2D eigenvalue weighted by Crippen LogP contribution is 2.42. The smallest absolute Gasteiger partial charge is 0.416 e. The van der Waals surface area contributed by atoms with Crippen LogP contribution in [0.5, 0.6) is 0 Å². The summed E-state index contributed by atoms with van der Waals surface area (Å²) in [6.07, 6.45) is 0.309. The van der Waals surface area contributed by atoms with E-state index in [1.54, 1.807) is 0 Å². The Kier molecular flexibility index (Phi) is 3.78. The van der Waals surface area contributed by atoms with Crippen LogP contribution in [-0.2, 0) is 11.2 Å². The summed E-state index contributed by atoms with van der Waals surface area (Å²) in [7, 11) is 0. The Morgan fingerprint density at radius 1 is 1.53 bits per heavy atom. The van der Waals surface area contributed by atoms with Crippen molar-refractivity contribution in [3.05, 3.63) is 30.7 Å². The van der Waals surface area contributed by atoms with Gasteiger partial charge in [0.05, 0.1) is 5.69 Å². The van der Waals surface area contributed by atoms with E-state index in [0.717, 1.165) is 22.6 Å². The fourth-order valence-electron chi connectivity index (χ4n) is 1.84. The Morgan fingerprint density at radius 2 is 2.21 bits per heavy atom. The van der Waals surface area contributed by atoms with Crippen LogP contribution in [0, 0.1) is 6.92 Å². The van der Waals surface area contributed by atoms with E-state index in [2.05, 4.69) is 6.92 Å². The Balaban J connectivity index is 2.27. The lowest BCUT2D eigenvalue weighted by atomic mass is 10.1. The number of amides is 1. The monoisotopic (exact) mass is 279 g/mol. The maximum atomic E-state index is 12.2. The van der Waals surface area contributed by atoms with E-state index in [-0.39, 0.29) is 0 Å². The third-order valence-electron chi connectivity index (χ3n) is 2.66. The van der Waals surface area contributed by atoms with E-state index in [0.29, 0.717) is 0 Å². The van der Waals surface area contributed by atoms with Gasteiger partial charge in [-0.3, -0.25) is 4.90 Å². The highest BCUT2D eigenvalue weighted by atomic mass is 32.2. The van der Waals surface area contributed by atoms with E-state index in [1.807, 2.05) is 39.0 Å². The number of ether oxygens (including phenoxy) is 1. The van der Waals surface area contributed by atoms with Crippen molar-refractivity contribution in [1.82, 2.24) is 0 Å². The van der Waals surface area contributed by atoms with Crippen LogP contribution in [0.15, 0.2) is 23.1 Å². The van der Waals surface area contributed by atoms with Crippen molar-refractivity contribution in [3.8, 4) is 0 Å². The summed E-state index contributed by atoms with van der Waals surface area (Å²) >= 11 is 1.46. The summed E-state index contributed by atoms with van der Waals surface area (Å²) in [4.78, 5) is 14.7. The minimum Gasteiger partial charge on any atom is -0.443 e. The van der Waals surface area contributed by atoms with Crippen molar-refractivity contribution in [2.75, 3.05) is 4.90 Å². The number of carbonyl (C=O) groups excluding carboxylic acids is 1. The Labute approximate surface area is 118 Å². The minimum atomic E-state index is -0.530. The van der Waals surface area contributed by atoms with Crippen molar-refractivity contribution in [2.24, 2.45) is 5.73 Å². The molecule has 103 valence electrons. The van der Waals surface area contributed by atoms with Gasteiger partial charge < -0.3 is 10.5 Å². The second kappa shape index (κ2) is 5.06. The van der Waals surface area contributed by atoms with Crippen LogP contribution in [0.4, 0.5) is 10.5 Å². The lowest BCUT2D eigenvalue weighted by Crippen LogP contribution is -2.44. The van der Waals surface area contributed by atoms with Gasteiger partial charge in [0.25, 0.3) is 0 Å². The predicted molar refractivity (Wildman–Crippen MR) is 78.0 cm³/mol. The maximum Gasteiger partial charge on any atom is 0.416 e. The van der Waals surface area contributed by atoms with Crippen LogP contribution in [0.1, 0.15) is 26.3 Å². The van der Waals surface area contributed by atoms with Crippen LogP contribution in [0.3, 0.4) is 0 Å². The Hall–Kier alpha value is -1.20. The third-order valence-corrected chi connectivity index (χ3v) is 3.70. The summed E-state index contributed by atoms with van der Waals surface area (Å²) in [6, 6.07) is 5.89. The first-order valence-electron chi connectivity index (χ1n) is 6.18. The number of nitrogens with two attached hydrogens (primary N) is 1. The molecule has 2 rings (SSSR count). The van der Waals surface area contributed by atoms with Crippen LogP contribution >= 0.6 is 11.8 Å². The van der Waals surface area contributed by atoms with Crippen molar-refractivity contribution in [1.29, 1.82) is 0 Å². The summed E-state index contributed by atoms with van der Waals surface area (Å²) in [5.41, 5.74) is 6.98. The van der Waals surface area contributed by atoms with Gasteiger partial charge in [0.15, 0.2) is 0 Å². The van der Waals surface area contributed by atoms with Crippen molar-refractivity contribution in [3.63, 3.8) is 0 Å². The highest BCUT2D eigenvalue weighted by Gasteiger charge is 2.35. The standard InChI is InChI=1S/C14H19N2O2S/c1-5-9-6-7-10-11(8-9)19-12(15)16(10)13(17)18-14(2,3)4/h6-8,12H,1,5,15H2,2-4H3. The molecule has 0 saturated carbocycles. The summed E-state index contributed by atoms with van der Waals surface area (Å²) in [6.45, 7) is 9.38. The van der Waals surface area contributed by atoms with E-state index in [9.17, 15) is 4.79 Å². The molecule has 1 unspecified atom stereocenters. The lowest BCUT2D eigenvalue weighted by molar-refractivity contribution is 0.0578. The molecule has 1 heterocycles. The van der Waals surface area contributed by atoms with E-state index < -0.39 is 17.2 Å². The van der Waals surface area contributed by atoms with Gasteiger partial charge in [-0.25, -0.2) is 4.79 Å². The number of anilines is 1. The van der Waals surface area contributed by atoms with Gasteiger partial charge in [-0.1, -0.05) is 17.8 Å². The molecule has 1 aliphatic heterocycles. The molecule has 0 fully saturated rings. The topological polar surface area (TPSA) is 55.6 Å². The van der Waals surface area contributed by atoms with Gasteiger partial charge in [0, 0.05) is 4.90 Å². The molecule has 0 aliphatic carbocycles.